The molecule has 1 aromatic rings. The number of hydrogen-bond donors (Lipinski definition) is 0. The molecule has 0 aliphatic carbocycles. The first kappa shape index (κ1) is 12.5. The van der Waals surface area contributed by atoms with Crippen molar-refractivity contribution in [1.82, 2.24) is 4.90 Å². The Morgan fingerprint density at radius 3 is 2.67 bits per heavy atom. The van der Waals surface area contributed by atoms with E-state index in [2.05, 4.69) is 0 Å². The number of hydrogen-bond acceptors (Lipinski definition) is 2. The largest absolute Gasteiger partial charge is 0.341 e. The van der Waals surface area contributed by atoms with Gasteiger partial charge in [-0.1, -0.05) is 25.4 Å². The zero-order valence-corrected chi connectivity index (χ0v) is 10.9. The SMILES string of the molecule is CC(C)CC(=O)N(C)Cc1ccc(Cl)s1. The van der Waals surface area contributed by atoms with Gasteiger partial charge in [0.25, 0.3) is 0 Å². The van der Waals surface area contributed by atoms with Crippen LogP contribution in [0.3, 0.4) is 0 Å². The minimum atomic E-state index is 0.189. The molecule has 0 N–H and O–H groups in total. The van der Waals surface area contributed by atoms with Gasteiger partial charge in [0.1, 0.15) is 0 Å². The van der Waals surface area contributed by atoms with Crippen LogP contribution in [0.4, 0.5) is 0 Å². The summed E-state index contributed by atoms with van der Waals surface area (Å²) in [5.74, 6) is 0.599. The van der Waals surface area contributed by atoms with Gasteiger partial charge in [-0.25, -0.2) is 0 Å². The molecule has 4 heteroatoms. The van der Waals surface area contributed by atoms with Gasteiger partial charge in [0.05, 0.1) is 10.9 Å². The second-order valence-electron chi connectivity index (χ2n) is 4.05. The number of thiophene rings is 1. The molecular formula is C11H16ClNOS. The molecule has 84 valence electrons. The average Bonchev–Trinajstić information content (AvgIpc) is 2.50. The fraction of sp³-hybridized carbons (Fsp3) is 0.545. The molecule has 2 nitrogen and oxygen atoms in total. The Balaban J connectivity index is 2.48. The van der Waals surface area contributed by atoms with Gasteiger partial charge in [-0.2, -0.15) is 0 Å². The second kappa shape index (κ2) is 5.52. The summed E-state index contributed by atoms with van der Waals surface area (Å²) in [7, 11) is 1.83. The van der Waals surface area contributed by atoms with Crippen LogP contribution in [0.5, 0.6) is 0 Å². The van der Waals surface area contributed by atoms with Crippen molar-refractivity contribution in [3.8, 4) is 0 Å². The van der Waals surface area contributed by atoms with E-state index < -0.39 is 0 Å². The quantitative estimate of drug-likeness (QED) is 0.796. The Kier molecular flexibility index (Phi) is 4.61. The van der Waals surface area contributed by atoms with Crippen molar-refractivity contribution in [2.45, 2.75) is 26.8 Å². The summed E-state index contributed by atoms with van der Waals surface area (Å²) < 4.78 is 0.773. The zero-order valence-electron chi connectivity index (χ0n) is 9.29. The fourth-order valence-electron chi connectivity index (χ4n) is 1.26. The fourth-order valence-corrected chi connectivity index (χ4v) is 2.40. The maximum atomic E-state index is 11.7. The summed E-state index contributed by atoms with van der Waals surface area (Å²) in [5.41, 5.74) is 0. The molecule has 1 aromatic heterocycles. The summed E-state index contributed by atoms with van der Waals surface area (Å²) in [6.07, 6.45) is 0.607. The number of halogens is 1. The standard InChI is InChI=1S/C11H16ClNOS/c1-8(2)6-11(14)13(3)7-9-4-5-10(12)15-9/h4-5,8H,6-7H2,1-3H3. The highest BCUT2D eigenvalue weighted by Gasteiger charge is 2.11. The van der Waals surface area contributed by atoms with Crippen LogP contribution in [0.2, 0.25) is 4.34 Å². The maximum absolute atomic E-state index is 11.7. The van der Waals surface area contributed by atoms with Crippen LogP contribution in [0, 0.1) is 5.92 Å². The monoisotopic (exact) mass is 245 g/mol. The second-order valence-corrected chi connectivity index (χ2v) is 5.85. The highest BCUT2D eigenvalue weighted by Crippen LogP contribution is 2.22. The van der Waals surface area contributed by atoms with Gasteiger partial charge < -0.3 is 4.90 Å². The van der Waals surface area contributed by atoms with E-state index in [9.17, 15) is 4.79 Å². The highest BCUT2D eigenvalue weighted by atomic mass is 35.5. The summed E-state index contributed by atoms with van der Waals surface area (Å²) in [4.78, 5) is 14.5. The van der Waals surface area contributed by atoms with Crippen LogP contribution in [0.1, 0.15) is 25.1 Å². The van der Waals surface area contributed by atoms with Crippen LogP contribution in [0.25, 0.3) is 0 Å². The summed E-state index contributed by atoms with van der Waals surface area (Å²) in [6, 6.07) is 3.83. The van der Waals surface area contributed by atoms with Crippen molar-refractivity contribution in [2.24, 2.45) is 5.92 Å². The minimum Gasteiger partial charge on any atom is -0.341 e. The van der Waals surface area contributed by atoms with Gasteiger partial charge in [-0.3, -0.25) is 4.79 Å². The van der Waals surface area contributed by atoms with Crippen LogP contribution >= 0.6 is 22.9 Å². The third kappa shape index (κ3) is 4.22. The minimum absolute atomic E-state index is 0.189. The van der Waals surface area contributed by atoms with Crippen molar-refractivity contribution in [2.75, 3.05) is 7.05 Å². The Bertz CT molecular complexity index is 335. The molecule has 0 radical (unpaired) electrons. The maximum Gasteiger partial charge on any atom is 0.222 e. The molecule has 0 aliphatic heterocycles. The number of amides is 1. The first-order valence-corrected chi connectivity index (χ1v) is 6.16. The number of rotatable bonds is 4. The molecule has 0 atom stereocenters. The van der Waals surface area contributed by atoms with Crippen molar-refractivity contribution in [3.63, 3.8) is 0 Å². The van der Waals surface area contributed by atoms with Gasteiger partial charge >= 0.3 is 0 Å². The summed E-state index contributed by atoms with van der Waals surface area (Å²) in [6.45, 7) is 4.75. The summed E-state index contributed by atoms with van der Waals surface area (Å²) >= 11 is 7.35. The van der Waals surface area contributed by atoms with Gasteiger partial charge in [0.15, 0.2) is 0 Å². The normalized spacial score (nSPS) is 10.7. The van der Waals surface area contributed by atoms with E-state index >= 15 is 0 Å². The third-order valence-electron chi connectivity index (χ3n) is 2.03. The first-order chi connectivity index (χ1) is 6.99. The Morgan fingerprint density at radius 1 is 1.53 bits per heavy atom. The lowest BCUT2D eigenvalue weighted by Gasteiger charge is -2.17. The van der Waals surface area contributed by atoms with Crippen molar-refractivity contribution >= 4 is 28.8 Å². The Hall–Kier alpha value is -0.540. The smallest absolute Gasteiger partial charge is 0.222 e. The molecule has 0 spiro atoms. The van der Waals surface area contributed by atoms with E-state index in [1.54, 1.807) is 4.90 Å². The van der Waals surface area contributed by atoms with Crippen molar-refractivity contribution < 1.29 is 4.79 Å². The van der Waals surface area contributed by atoms with E-state index in [-0.39, 0.29) is 5.91 Å². The van der Waals surface area contributed by atoms with Gasteiger partial charge in [0.2, 0.25) is 5.91 Å². The lowest BCUT2D eigenvalue weighted by molar-refractivity contribution is -0.131. The van der Waals surface area contributed by atoms with E-state index in [1.165, 1.54) is 11.3 Å². The molecule has 0 fully saturated rings. The Labute approximate surface area is 99.9 Å². The van der Waals surface area contributed by atoms with Crippen molar-refractivity contribution in [3.05, 3.63) is 21.3 Å². The molecule has 0 aromatic carbocycles. The molecule has 1 rings (SSSR count). The molecule has 0 aliphatic rings. The zero-order chi connectivity index (χ0) is 11.4. The molecule has 0 saturated heterocycles. The number of nitrogens with zero attached hydrogens (tertiary/aromatic N) is 1. The van der Waals surface area contributed by atoms with E-state index in [1.807, 2.05) is 33.0 Å². The molecule has 0 bridgehead atoms. The molecule has 15 heavy (non-hydrogen) atoms. The molecule has 1 heterocycles. The Morgan fingerprint density at radius 2 is 2.20 bits per heavy atom. The molecular weight excluding hydrogens is 230 g/mol. The molecule has 0 unspecified atom stereocenters. The first-order valence-electron chi connectivity index (χ1n) is 4.97. The average molecular weight is 246 g/mol. The third-order valence-corrected chi connectivity index (χ3v) is 3.25. The topological polar surface area (TPSA) is 20.3 Å². The van der Waals surface area contributed by atoms with Crippen molar-refractivity contribution in [1.29, 1.82) is 0 Å². The van der Waals surface area contributed by atoms with E-state index in [4.69, 9.17) is 11.6 Å². The van der Waals surface area contributed by atoms with Crippen LogP contribution < -0.4 is 0 Å². The predicted octanol–water partition coefficient (Wildman–Crippen LogP) is 3.41. The lowest BCUT2D eigenvalue weighted by atomic mass is 10.1. The molecule has 1 amide bonds. The lowest BCUT2D eigenvalue weighted by Crippen LogP contribution is -2.26. The van der Waals surface area contributed by atoms with Crippen LogP contribution in [-0.4, -0.2) is 17.9 Å². The van der Waals surface area contributed by atoms with E-state index in [0.29, 0.717) is 18.9 Å². The van der Waals surface area contributed by atoms with Gasteiger partial charge in [-0.05, 0) is 18.1 Å². The molecule has 0 saturated carbocycles. The van der Waals surface area contributed by atoms with Crippen LogP contribution in [0.15, 0.2) is 12.1 Å². The van der Waals surface area contributed by atoms with Gasteiger partial charge in [-0.15, -0.1) is 11.3 Å². The summed E-state index contributed by atoms with van der Waals surface area (Å²) in [5, 5.41) is 0. The number of carbonyl (C=O) groups excluding carboxylic acids is 1. The van der Waals surface area contributed by atoms with Gasteiger partial charge in [0, 0.05) is 18.3 Å². The number of carbonyl (C=O) groups is 1. The van der Waals surface area contributed by atoms with Crippen LogP contribution in [-0.2, 0) is 11.3 Å². The highest BCUT2D eigenvalue weighted by molar-refractivity contribution is 7.16. The predicted molar refractivity (Wildman–Crippen MR) is 65.3 cm³/mol. The van der Waals surface area contributed by atoms with E-state index in [0.717, 1.165) is 9.21 Å².